The van der Waals surface area contributed by atoms with Gasteiger partial charge in [0.2, 0.25) is 5.91 Å². The molecule has 3 aliphatic rings. The number of primary amides is 1. The number of rotatable bonds is 6. The number of fused-ring (bicyclic) bond motifs is 5. The van der Waals surface area contributed by atoms with Gasteiger partial charge in [-0.3, -0.25) is 9.59 Å². The molecule has 0 saturated carbocycles. The van der Waals surface area contributed by atoms with Gasteiger partial charge in [0.15, 0.2) is 0 Å². The van der Waals surface area contributed by atoms with Gasteiger partial charge in [-0.2, -0.15) is 0 Å². The van der Waals surface area contributed by atoms with Gasteiger partial charge >= 0.3 is 6.09 Å². The van der Waals surface area contributed by atoms with E-state index in [0.29, 0.717) is 59.3 Å². The van der Waals surface area contributed by atoms with Crippen molar-refractivity contribution in [3.8, 4) is 11.4 Å². The quantitative estimate of drug-likeness (QED) is 0.295. The van der Waals surface area contributed by atoms with E-state index in [2.05, 4.69) is 5.32 Å². The number of aliphatic hydroxyl groups is 1. The number of aromatic nitrogens is 2. The summed E-state index contributed by atoms with van der Waals surface area (Å²) in [5, 5.41) is 15.3. The molecule has 1 unspecified atom stereocenters. The van der Waals surface area contributed by atoms with E-state index in [9.17, 15) is 19.5 Å². The zero-order chi connectivity index (χ0) is 31.7. The van der Waals surface area contributed by atoms with Gasteiger partial charge in [-0.05, 0) is 66.3 Å². The van der Waals surface area contributed by atoms with Crippen LogP contribution in [0, 0.1) is 18.2 Å². The molecule has 0 radical (unpaired) electrons. The lowest BCUT2D eigenvalue weighted by Gasteiger charge is -2.33. The second-order valence-corrected chi connectivity index (χ2v) is 13.4. The first-order valence-corrected chi connectivity index (χ1v) is 15.2. The van der Waals surface area contributed by atoms with Crippen LogP contribution in [0.3, 0.4) is 0 Å². The smallest absolute Gasteiger partial charge is 0.404 e. The first-order valence-electron chi connectivity index (χ1n) is 15.2. The average Bonchev–Trinajstić information content (AvgIpc) is 3.33. The summed E-state index contributed by atoms with van der Waals surface area (Å²) in [5.74, 6) is -0.569. The van der Waals surface area contributed by atoms with Gasteiger partial charge < -0.3 is 30.2 Å². The molecule has 1 aliphatic carbocycles. The van der Waals surface area contributed by atoms with E-state index in [0.717, 1.165) is 22.1 Å². The Labute approximate surface area is 254 Å². The molecule has 0 saturated heterocycles. The Morgan fingerprint density at radius 3 is 2.73 bits per heavy atom. The molecular weight excluding hydrogens is 567 g/mol. The van der Waals surface area contributed by atoms with E-state index in [-0.39, 0.29) is 43.5 Å². The van der Waals surface area contributed by atoms with Crippen LogP contribution in [0.5, 0.6) is 0 Å². The van der Waals surface area contributed by atoms with E-state index in [1.54, 1.807) is 11.5 Å². The predicted molar refractivity (Wildman–Crippen MR) is 161 cm³/mol. The molecule has 11 heteroatoms. The van der Waals surface area contributed by atoms with Crippen LogP contribution in [-0.4, -0.2) is 39.4 Å². The van der Waals surface area contributed by atoms with Gasteiger partial charge in [0.25, 0.3) is 5.56 Å². The minimum absolute atomic E-state index is 0.0884. The number of nitrogens with two attached hydrogens (primary N) is 1. The second-order valence-electron chi connectivity index (χ2n) is 13.4. The molecule has 10 nitrogen and oxygen atoms in total. The van der Waals surface area contributed by atoms with Crippen molar-refractivity contribution in [2.75, 3.05) is 6.61 Å². The van der Waals surface area contributed by atoms with Crippen molar-refractivity contribution < 1.29 is 28.6 Å². The number of hydrogen-bond acceptors (Lipinski definition) is 7. The first kappa shape index (κ1) is 30.2. The van der Waals surface area contributed by atoms with Crippen molar-refractivity contribution in [2.24, 2.45) is 11.1 Å². The fourth-order valence-electron chi connectivity index (χ4n) is 7.07. The second kappa shape index (κ2) is 10.7. The maximum Gasteiger partial charge on any atom is 0.404 e. The highest BCUT2D eigenvalue weighted by Gasteiger charge is 2.40. The van der Waals surface area contributed by atoms with Crippen LogP contribution < -0.4 is 16.6 Å². The van der Waals surface area contributed by atoms with Gasteiger partial charge in [0.05, 0.1) is 42.7 Å². The Balaban J connectivity index is 1.43. The van der Waals surface area contributed by atoms with Crippen LogP contribution in [0.2, 0.25) is 0 Å². The highest BCUT2D eigenvalue weighted by molar-refractivity contribution is 5.93. The van der Waals surface area contributed by atoms with Crippen LogP contribution >= 0.6 is 0 Å². The third kappa shape index (κ3) is 4.86. The fourth-order valence-corrected chi connectivity index (χ4v) is 7.07. The largest absolute Gasteiger partial charge is 0.446 e. The Morgan fingerprint density at radius 2 is 2.05 bits per heavy atom. The molecule has 234 valence electrons. The summed E-state index contributed by atoms with van der Waals surface area (Å²) in [7, 11) is 0. The van der Waals surface area contributed by atoms with Crippen molar-refractivity contribution in [3.05, 3.63) is 61.7 Å². The number of benzene rings is 1. The Hall–Kier alpha value is -3.83. The summed E-state index contributed by atoms with van der Waals surface area (Å²) in [6.45, 7) is 9.78. The van der Waals surface area contributed by atoms with Gasteiger partial charge in [-0.1, -0.05) is 27.7 Å². The number of ether oxygens (including phenoxy) is 2. The van der Waals surface area contributed by atoms with E-state index >= 15 is 4.39 Å². The molecule has 1 aromatic carbocycles. The van der Waals surface area contributed by atoms with Gasteiger partial charge in [0.1, 0.15) is 17.5 Å². The van der Waals surface area contributed by atoms with Crippen molar-refractivity contribution in [2.45, 2.75) is 97.6 Å². The molecule has 3 aromatic rings. The third-order valence-corrected chi connectivity index (χ3v) is 9.60. The molecule has 2 amide bonds. The minimum Gasteiger partial charge on any atom is -0.446 e. The van der Waals surface area contributed by atoms with Crippen LogP contribution in [-0.2, 0) is 39.4 Å². The maximum atomic E-state index is 15.1. The zero-order valence-corrected chi connectivity index (χ0v) is 25.8. The lowest BCUT2D eigenvalue weighted by Crippen LogP contribution is -2.40. The lowest BCUT2D eigenvalue weighted by atomic mass is 9.81. The number of hydrogen-bond donors (Lipinski definition) is 3. The number of amides is 2. The lowest BCUT2D eigenvalue weighted by molar-refractivity contribution is -0.122. The molecule has 6 rings (SSSR count). The Bertz CT molecular complexity index is 1780. The fraction of sp³-hybridized carbons (Fsp3) is 0.515. The van der Waals surface area contributed by atoms with Crippen LogP contribution in [0.25, 0.3) is 22.3 Å². The molecule has 44 heavy (non-hydrogen) atoms. The van der Waals surface area contributed by atoms with Gasteiger partial charge in [-0.25, -0.2) is 14.2 Å². The number of carbonyl (C=O) groups excluding carboxylic acids is 2. The predicted octanol–water partition coefficient (Wildman–Crippen LogP) is 4.39. The first-order chi connectivity index (χ1) is 20.7. The normalized spacial score (nSPS) is 20.9. The van der Waals surface area contributed by atoms with Crippen molar-refractivity contribution in [1.82, 2.24) is 14.9 Å². The SMILES string of the molecule is CC[C@@]1(O)COCc2c1cc1n(c2=O)Cc2c-1nc1cc(F)c(C)c3c1c2[C@@H](NC(=O)CCC(OC(N)=O)C(C)(C)C)CC3. The number of aryl methyl sites for hydroxylation is 1. The van der Waals surface area contributed by atoms with E-state index in [4.69, 9.17) is 20.2 Å². The standard InChI is InChI=1S/C33H39FN4O6/c1-6-33(42)15-43-14-19-20(33)11-24-29-18(13-38(24)30(19)40)28-22(8-7-17-16(2)21(34)12-23(37-29)27(17)28)36-26(39)10-9-25(32(3,4)5)44-31(35)41/h11-12,22,25,42H,6-10,13-15H2,1-5H3,(H2,35,41)(H,36,39)/t22-,25?,33+/m0/s1. The number of nitrogens with one attached hydrogen (secondary N) is 1. The van der Waals surface area contributed by atoms with Crippen LogP contribution in [0.1, 0.15) is 92.8 Å². The summed E-state index contributed by atoms with van der Waals surface area (Å²) in [4.78, 5) is 43.6. The van der Waals surface area contributed by atoms with Gasteiger partial charge in [0, 0.05) is 29.0 Å². The number of carbonyl (C=O) groups is 2. The monoisotopic (exact) mass is 606 g/mol. The van der Waals surface area contributed by atoms with Crippen molar-refractivity contribution in [1.29, 1.82) is 0 Å². The zero-order valence-electron chi connectivity index (χ0n) is 25.8. The summed E-state index contributed by atoms with van der Waals surface area (Å²) < 4.78 is 27.7. The Kier molecular flexibility index (Phi) is 7.32. The average molecular weight is 607 g/mol. The molecule has 2 aliphatic heterocycles. The van der Waals surface area contributed by atoms with Gasteiger partial charge in [-0.15, -0.1) is 0 Å². The summed E-state index contributed by atoms with van der Waals surface area (Å²) in [5.41, 5.74) is 8.91. The summed E-state index contributed by atoms with van der Waals surface area (Å²) in [6, 6.07) is 2.85. The van der Waals surface area contributed by atoms with Crippen molar-refractivity contribution in [3.63, 3.8) is 0 Å². The van der Waals surface area contributed by atoms with E-state index < -0.39 is 29.3 Å². The minimum atomic E-state index is -1.30. The molecule has 2 aromatic heterocycles. The summed E-state index contributed by atoms with van der Waals surface area (Å²) in [6.07, 6.45) is 0.444. The highest BCUT2D eigenvalue weighted by atomic mass is 19.1. The van der Waals surface area contributed by atoms with E-state index in [1.807, 2.05) is 33.8 Å². The highest BCUT2D eigenvalue weighted by Crippen LogP contribution is 2.46. The molecular formula is C33H39FN4O6. The number of pyridine rings is 2. The molecule has 0 spiro atoms. The molecule has 4 heterocycles. The van der Waals surface area contributed by atoms with E-state index in [1.165, 1.54) is 6.07 Å². The molecule has 4 N–H and O–H groups in total. The Morgan fingerprint density at radius 1 is 1.30 bits per heavy atom. The van der Waals surface area contributed by atoms with Crippen LogP contribution in [0.15, 0.2) is 16.9 Å². The molecule has 0 bridgehead atoms. The topological polar surface area (TPSA) is 146 Å². The summed E-state index contributed by atoms with van der Waals surface area (Å²) >= 11 is 0. The van der Waals surface area contributed by atoms with Crippen LogP contribution in [0.4, 0.5) is 9.18 Å². The molecule has 3 atom stereocenters. The third-order valence-electron chi connectivity index (χ3n) is 9.60. The number of nitrogens with zero attached hydrogens (tertiary/aromatic N) is 2. The number of halogens is 1. The maximum absolute atomic E-state index is 15.1. The molecule has 0 fully saturated rings. The van der Waals surface area contributed by atoms with Crippen molar-refractivity contribution >= 4 is 22.9 Å².